The standard InChI is InChI=1S/C26H27ClN6O4/c1-5-22(34)30-20-14-16(12-13-21(20)37-4)29-26-28-15-18(27)24(32-26)31-19-11-9-8-10-17(19)23(35)25(36)33(6-2)7-3/h5,8-15H,1,6-7H2,2-4H3,(H,30,34)(H2,28,29,31,32). The molecule has 2 aromatic carbocycles. The SMILES string of the molecule is C=CC(=O)Nc1cc(Nc2ncc(Cl)c(Nc3ccccc3C(=O)C(=O)N(CC)CC)n2)ccc1OC. The number of aromatic nitrogens is 2. The van der Waals surface area contributed by atoms with E-state index in [1.54, 1.807) is 42.5 Å². The van der Waals surface area contributed by atoms with E-state index in [0.717, 1.165) is 6.08 Å². The number of hydrogen-bond donors (Lipinski definition) is 3. The van der Waals surface area contributed by atoms with E-state index in [-0.39, 0.29) is 22.4 Å². The van der Waals surface area contributed by atoms with Crippen molar-refractivity contribution in [2.24, 2.45) is 0 Å². The second kappa shape index (κ2) is 12.5. The Hall–Kier alpha value is -4.44. The van der Waals surface area contributed by atoms with E-state index in [1.807, 2.05) is 13.8 Å². The summed E-state index contributed by atoms with van der Waals surface area (Å²) >= 11 is 6.33. The molecule has 3 rings (SSSR count). The van der Waals surface area contributed by atoms with Crippen molar-refractivity contribution in [2.75, 3.05) is 36.1 Å². The third-order valence-corrected chi connectivity index (χ3v) is 5.59. The Morgan fingerprint density at radius 2 is 1.81 bits per heavy atom. The minimum absolute atomic E-state index is 0.195. The second-order valence-electron chi connectivity index (χ2n) is 7.60. The van der Waals surface area contributed by atoms with Crippen LogP contribution in [0.5, 0.6) is 5.75 Å². The highest BCUT2D eigenvalue weighted by Gasteiger charge is 2.24. The van der Waals surface area contributed by atoms with Crippen LogP contribution in [0.3, 0.4) is 0 Å². The number of nitrogens with one attached hydrogen (secondary N) is 3. The topological polar surface area (TPSA) is 126 Å². The quantitative estimate of drug-likeness (QED) is 0.186. The number of benzene rings is 2. The van der Waals surface area contributed by atoms with Crippen LogP contribution in [0.4, 0.5) is 28.8 Å². The van der Waals surface area contributed by atoms with Gasteiger partial charge in [0.15, 0.2) is 5.82 Å². The molecule has 11 heteroatoms. The number of carbonyl (C=O) groups excluding carboxylic acids is 3. The largest absolute Gasteiger partial charge is 0.495 e. The monoisotopic (exact) mass is 522 g/mol. The number of hydrogen-bond acceptors (Lipinski definition) is 8. The molecule has 37 heavy (non-hydrogen) atoms. The summed E-state index contributed by atoms with van der Waals surface area (Å²) in [6.45, 7) is 7.92. The van der Waals surface area contributed by atoms with E-state index in [1.165, 1.54) is 18.2 Å². The smallest absolute Gasteiger partial charge is 0.295 e. The Balaban J connectivity index is 1.87. The van der Waals surface area contributed by atoms with Gasteiger partial charge in [-0.2, -0.15) is 4.98 Å². The molecule has 3 N–H and O–H groups in total. The molecule has 0 aliphatic heterocycles. The van der Waals surface area contributed by atoms with Gasteiger partial charge in [0, 0.05) is 18.8 Å². The van der Waals surface area contributed by atoms with Gasteiger partial charge in [0.2, 0.25) is 11.9 Å². The molecule has 0 atom stereocenters. The number of rotatable bonds is 11. The molecule has 192 valence electrons. The van der Waals surface area contributed by atoms with Crippen LogP contribution in [-0.4, -0.2) is 52.7 Å². The molecule has 0 fully saturated rings. The number of likely N-dealkylation sites (N-methyl/N-ethyl adjacent to an activating group) is 1. The van der Waals surface area contributed by atoms with Crippen LogP contribution >= 0.6 is 11.6 Å². The lowest BCUT2D eigenvalue weighted by molar-refractivity contribution is -0.126. The summed E-state index contributed by atoms with van der Waals surface area (Å²) < 4.78 is 5.28. The van der Waals surface area contributed by atoms with Crippen LogP contribution in [0.25, 0.3) is 0 Å². The highest BCUT2D eigenvalue weighted by atomic mass is 35.5. The van der Waals surface area contributed by atoms with Gasteiger partial charge in [-0.1, -0.05) is 30.3 Å². The zero-order valence-electron chi connectivity index (χ0n) is 20.7. The van der Waals surface area contributed by atoms with E-state index in [0.29, 0.717) is 35.9 Å². The first-order chi connectivity index (χ1) is 17.8. The minimum Gasteiger partial charge on any atom is -0.495 e. The average molecular weight is 523 g/mol. The lowest BCUT2D eigenvalue weighted by Crippen LogP contribution is -2.36. The Morgan fingerprint density at radius 1 is 1.08 bits per heavy atom. The lowest BCUT2D eigenvalue weighted by atomic mass is 10.1. The van der Waals surface area contributed by atoms with Crippen LogP contribution in [0.2, 0.25) is 5.02 Å². The summed E-state index contributed by atoms with van der Waals surface area (Å²) in [6, 6.07) is 11.7. The summed E-state index contributed by atoms with van der Waals surface area (Å²) in [6.07, 6.45) is 2.55. The van der Waals surface area contributed by atoms with Gasteiger partial charge in [-0.15, -0.1) is 0 Å². The highest BCUT2D eigenvalue weighted by molar-refractivity contribution is 6.44. The Kier molecular flexibility index (Phi) is 9.17. The maximum Gasteiger partial charge on any atom is 0.295 e. The summed E-state index contributed by atoms with van der Waals surface area (Å²) in [4.78, 5) is 47.4. The number of ether oxygens (including phenoxy) is 1. The summed E-state index contributed by atoms with van der Waals surface area (Å²) in [5, 5.41) is 8.96. The molecule has 2 amide bonds. The van der Waals surface area contributed by atoms with E-state index in [2.05, 4.69) is 32.5 Å². The molecule has 0 unspecified atom stereocenters. The molecule has 0 aliphatic carbocycles. The fourth-order valence-electron chi connectivity index (χ4n) is 3.40. The molecule has 0 saturated heterocycles. The number of carbonyl (C=O) groups is 3. The Labute approximate surface area is 219 Å². The van der Waals surface area contributed by atoms with Crippen molar-refractivity contribution in [1.82, 2.24) is 14.9 Å². The molecular formula is C26H27ClN6O4. The summed E-state index contributed by atoms with van der Waals surface area (Å²) in [5.74, 6) is -0.737. The normalized spacial score (nSPS) is 10.3. The molecule has 0 radical (unpaired) electrons. The van der Waals surface area contributed by atoms with E-state index >= 15 is 0 Å². The number of anilines is 5. The van der Waals surface area contributed by atoms with Gasteiger partial charge >= 0.3 is 0 Å². The third kappa shape index (κ3) is 6.62. The first-order valence-corrected chi connectivity index (χ1v) is 11.8. The van der Waals surface area contributed by atoms with E-state index < -0.39 is 17.6 Å². The van der Waals surface area contributed by atoms with Gasteiger partial charge in [0.05, 0.1) is 30.2 Å². The average Bonchev–Trinajstić information content (AvgIpc) is 2.91. The summed E-state index contributed by atoms with van der Waals surface area (Å²) in [5.41, 5.74) is 1.56. The van der Waals surface area contributed by atoms with Crippen molar-refractivity contribution in [3.05, 3.63) is 71.9 Å². The molecule has 0 saturated carbocycles. The fourth-order valence-corrected chi connectivity index (χ4v) is 3.54. The van der Waals surface area contributed by atoms with Crippen LogP contribution < -0.4 is 20.7 Å². The molecular weight excluding hydrogens is 496 g/mol. The second-order valence-corrected chi connectivity index (χ2v) is 8.01. The van der Waals surface area contributed by atoms with Crippen molar-refractivity contribution in [2.45, 2.75) is 13.8 Å². The minimum atomic E-state index is -0.636. The zero-order valence-corrected chi connectivity index (χ0v) is 21.4. The first kappa shape index (κ1) is 27.2. The number of halogens is 1. The van der Waals surface area contributed by atoms with Gasteiger partial charge in [0.25, 0.3) is 11.7 Å². The number of methoxy groups -OCH3 is 1. The Morgan fingerprint density at radius 3 is 2.49 bits per heavy atom. The van der Waals surface area contributed by atoms with Crippen molar-refractivity contribution < 1.29 is 19.1 Å². The number of para-hydroxylation sites is 1. The maximum atomic E-state index is 12.9. The van der Waals surface area contributed by atoms with Crippen molar-refractivity contribution in [3.8, 4) is 5.75 Å². The van der Waals surface area contributed by atoms with Crippen LogP contribution in [-0.2, 0) is 9.59 Å². The van der Waals surface area contributed by atoms with Gasteiger partial charge in [-0.25, -0.2) is 4.98 Å². The van der Waals surface area contributed by atoms with Crippen molar-refractivity contribution in [1.29, 1.82) is 0 Å². The van der Waals surface area contributed by atoms with Crippen LogP contribution in [0.1, 0.15) is 24.2 Å². The third-order valence-electron chi connectivity index (χ3n) is 5.31. The molecule has 10 nitrogen and oxygen atoms in total. The molecule has 0 bridgehead atoms. The number of ketones is 1. The molecule has 1 aromatic heterocycles. The molecule has 0 aliphatic rings. The molecule has 0 spiro atoms. The van der Waals surface area contributed by atoms with Crippen LogP contribution in [0.15, 0.2) is 61.3 Å². The fraction of sp³-hybridized carbons (Fsp3) is 0.192. The van der Waals surface area contributed by atoms with Gasteiger partial charge in [0.1, 0.15) is 10.8 Å². The predicted molar refractivity (Wildman–Crippen MR) is 144 cm³/mol. The highest BCUT2D eigenvalue weighted by Crippen LogP contribution is 2.30. The lowest BCUT2D eigenvalue weighted by Gasteiger charge is -2.19. The van der Waals surface area contributed by atoms with Gasteiger partial charge < -0.3 is 25.6 Å². The number of Topliss-reactive ketones (excluding diaryl/α,β-unsaturated/α-hetero) is 1. The summed E-state index contributed by atoms with van der Waals surface area (Å²) in [7, 11) is 1.49. The Bertz CT molecular complexity index is 1330. The number of nitrogens with zero attached hydrogens (tertiary/aromatic N) is 3. The van der Waals surface area contributed by atoms with Crippen LogP contribution in [0, 0.1) is 0 Å². The zero-order chi connectivity index (χ0) is 26.9. The van der Waals surface area contributed by atoms with Crippen molar-refractivity contribution >= 4 is 58.0 Å². The van der Waals surface area contributed by atoms with E-state index in [9.17, 15) is 14.4 Å². The van der Waals surface area contributed by atoms with Gasteiger partial charge in [-0.3, -0.25) is 14.4 Å². The molecule has 1 heterocycles. The molecule has 3 aromatic rings. The van der Waals surface area contributed by atoms with E-state index in [4.69, 9.17) is 16.3 Å². The first-order valence-electron chi connectivity index (χ1n) is 11.4. The van der Waals surface area contributed by atoms with Gasteiger partial charge in [-0.05, 0) is 50.3 Å². The maximum absolute atomic E-state index is 12.9. The number of amides is 2. The van der Waals surface area contributed by atoms with Crippen molar-refractivity contribution in [3.63, 3.8) is 0 Å². The predicted octanol–water partition coefficient (Wildman–Crippen LogP) is 4.80.